The number of benzene rings is 1. The maximum atomic E-state index is 6.49. The van der Waals surface area contributed by atoms with Gasteiger partial charge in [-0.1, -0.05) is 41.9 Å². The number of nitrogens with two attached hydrogens (primary N) is 1. The summed E-state index contributed by atoms with van der Waals surface area (Å²) in [6.45, 7) is 4.65. The lowest BCUT2D eigenvalue weighted by molar-refractivity contribution is 0.334. The minimum Gasteiger partial charge on any atom is -0.325 e. The van der Waals surface area contributed by atoms with E-state index in [0.29, 0.717) is 5.41 Å². The van der Waals surface area contributed by atoms with Crippen LogP contribution in [0.5, 0.6) is 0 Å². The zero-order valence-corrected chi connectivity index (χ0v) is 11.7. The van der Waals surface area contributed by atoms with Gasteiger partial charge in [0.2, 0.25) is 0 Å². The molecule has 2 heteroatoms. The summed E-state index contributed by atoms with van der Waals surface area (Å²) in [5.41, 5.74) is 8.28. The van der Waals surface area contributed by atoms with E-state index in [9.17, 15) is 0 Å². The van der Waals surface area contributed by atoms with Gasteiger partial charge in [-0.3, -0.25) is 0 Å². The summed E-state index contributed by atoms with van der Waals surface area (Å²) in [5.74, 6) is 0. The van der Waals surface area contributed by atoms with Crippen LogP contribution < -0.4 is 5.73 Å². The summed E-state index contributed by atoms with van der Waals surface area (Å²) >= 11 is 3.46. The Morgan fingerprint density at radius 1 is 1.19 bits per heavy atom. The van der Waals surface area contributed by atoms with E-state index < -0.39 is 0 Å². The van der Waals surface area contributed by atoms with Crippen LogP contribution in [-0.2, 0) is 6.42 Å². The summed E-state index contributed by atoms with van der Waals surface area (Å²) < 4.78 is 1.13. The van der Waals surface area contributed by atoms with Crippen LogP contribution in [0.2, 0.25) is 0 Å². The second kappa shape index (κ2) is 4.15. The van der Waals surface area contributed by atoms with Crippen LogP contribution in [0.15, 0.2) is 28.7 Å². The van der Waals surface area contributed by atoms with E-state index in [1.807, 2.05) is 0 Å². The van der Waals surface area contributed by atoms with Crippen molar-refractivity contribution in [1.29, 1.82) is 0 Å². The number of halogens is 1. The van der Waals surface area contributed by atoms with E-state index in [0.717, 1.165) is 23.7 Å². The molecule has 1 aromatic rings. The molecule has 0 radical (unpaired) electrons. The molecule has 0 spiro atoms. The standard InChI is InChI=1S/C14H20BrN/c1-13(2)7-8-14(16,10-13)9-11-3-5-12(15)6-4-11/h3-6H,7-10,16H2,1-2H3. The first-order chi connectivity index (χ1) is 7.39. The third kappa shape index (κ3) is 2.86. The normalized spacial score (nSPS) is 28.2. The maximum Gasteiger partial charge on any atom is 0.0200 e. The highest BCUT2D eigenvalue weighted by atomic mass is 79.9. The van der Waals surface area contributed by atoms with Crippen LogP contribution in [0.1, 0.15) is 38.7 Å². The van der Waals surface area contributed by atoms with Gasteiger partial charge in [0.1, 0.15) is 0 Å². The second-order valence-electron chi connectivity index (χ2n) is 6.01. The van der Waals surface area contributed by atoms with E-state index in [1.165, 1.54) is 12.0 Å². The minimum absolute atomic E-state index is 0.0112. The summed E-state index contributed by atoms with van der Waals surface area (Å²) in [5, 5.41) is 0. The lowest BCUT2D eigenvalue weighted by atomic mass is 9.85. The predicted octanol–water partition coefficient (Wildman–Crippen LogP) is 3.90. The van der Waals surface area contributed by atoms with Gasteiger partial charge in [0.15, 0.2) is 0 Å². The topological polar surface area (TPSA) is 26.0 Å². The minimum atomic E-state index is 0.0112. The van der Waals surface area contributed by atoms with Gasteiger partial charge in [-0.25, -0.2) is 0 Å². The van der Waals surface area contributed by atoms with Gasteiger partial charge in [0.25, 0.3) is 0 Å². The molecule has 88 valence electrons. The zero-order chi connectivity index (χ0) is 11.8. The van der Waals surface area contributed by atoms with Crippen LogP contribution in [0.25, 0.3) is 0 Å². The molecule has 2 N–H and O–H groups in total. The first kappa shape index (κ1) is 12.1. The monoisotopic (exact) mass is 281 g/mol. The number of rotatable bonds is 2. The van der Waals surface area contributed by atoms with Crippen LogP contribution in [0.3, 0.4) is 0 Å². The van der Waals surface area contributed by atoms with Crippen molar-refractivity contribution in [2.75, 3.05) is 0 Å². The summed E-state index contributed by atoms with van der Waals surface area (Å²) in [4.78, 5) is 0. The molecule has 1 aliphatic rings. The van der Waals surface area contributed by atoms with E-state index >= 15 is 0 Å². The molecule has 1 fully saturated rings. The largest absolute Gasteiger partial charge is 0.325 e. The third-order valence-electron chi connectivity index (χ3n) is 3.60. The predicted molar refractivity (Wildman–Crippen MR) is 72.4 cm³/mol. The fourth-order valence-electron chi connectivity index (χ4n) is 2.88. The zero-order valence-electron chi connectivity index (χ0n) is 10.1. The first-order valence-corrected chi connectivity index (χ1v) is 6.71. The molecule has 1 aliphatic carbocycles. The molecule has 1 saturated carbocycles. The van der Waals surface area contributed by atoms with Crippen LogP contribution in [-0.4, -0.2) is 5.54 Å². The number of hydrogen-bond acceptors (Lipinski definition) is 1. The lowest BCUT2D eigenvalue weighted by Crippen LogP contribution is -2.40. The molecule has 1 unspecified atom stereocenters. The van der Waals surface area contributed by atoms with Crippen LogP contribution in [0.4, 0.5) is 0 Å². The average molecular weight is 282 g/mol. The van der Waals surface area contributed by atoms with Crippen LogP contribution in [0, 0.1) is 5.41 Å². The van der Waals surface area contributed by atoms with Crippen molar-refractivity contribution in [3.63, 3.8) is 0 Å². The van der Waals surface area contributed by atoms with E-state index in [4.69, 9.17) is 5.73 Å². The molecular formula is C14H20BrN. The van der Waals surface area contributed by atoms with Crippen molar-refractivity contribution in [2.45, 2.75) is 45.1 Å². The third-order valence-corrected chi connectivity index (χ3v) is 4.13. The Labute approximate surface area is 107 Å². The summed E-state index contributed by atoms with van der Waals surface area (Å²) in [6, 6.07) is 8.53. The average Bonchev–Trinajstić information content (AvgIpc) is 2.45. The quantitative estimate of drug-likeness (QED) is 0.874. The molecule has 1 nitrogen and oxygen atoms in total. The Kier molecular flexibility index (Phi) is 3.15. The highest BCUT2D eigenvalue weighted by Gasteiger charge is 2.40. The Morgan fingerprint density at radius 2 is 1.81 bits per heavy atom. The second-order valence-corrected chi connectivity index (χ2v) is 6.92. The Morgan fingerprint density at radius 3 is 2.31 bits per heavy atom. The van der Waals surface area contributed by atoms with Crippen molar-refractivity contribution in [3.8, 4) is 0 Å². The van der Waals surface area contributed by atoms with Gasteiger partial charge in [-0.15, -0.1) is 0 Å². The van der Waals surface area contributed by atoms with Gasteiger partial charge >= 0.3 is 0 Å². The SMILES string of the molecule is CC1(C)CCC(N)(Cc2ccc(Br)cc2)C1. The molecule has 0 saturated heterocycles. The molecule has 0 aromatic heterocycles. The summed E-state index contributed by atoms with van der Waals surface area (Å²) in [7, 11) is 0. The molecule has 1 atom stereocenters. The number of hydrogen-bond donors (Lipinski definition) is 1. The first-order valence-electron chi connectivity index (χ1n) is 5.92. The Bertz CT molecular complexity index is 369. The van der Waals surface area contributed by atoms with Crippen molar-refractivity contribution in [3.05, 3.63) is 34.3 Å². The van der Waals surface area contributed by atoms with Crippen molar-refractivity contribution in [1.82, 2.24) is 0 Å². The van der Waals surface area contributed by atoms with Gasteiger partial charge in [0.05, 0.1) is 0 Å². The van der Waals surface area contributed by atoms with Crippen molar-refractivity contribution in [2.24, 2.45) is 11.1 Å². The van der Waals surface area contributed by atoms with Crippen molar-refractivity contribution >= 4 is 15.9 Å². The van der Waals surface area contributed by atoms with Gasteiger partial charge in [0, 0.05) is 10.0 Å². The van der Waals surface area contributed by atoms with E-state index in [1.54, 1.807) is 0 Å². The van der Waals surface area contributed by atoms with Crippen LogP contribution >= 0.6 is 15.9 Å². The molecule has 0 amide bonds. The highest BCUT2D eigenvalue weighted by Crippen LogP contribution is 2.43. The molecule has 16 heavy (non-hydrogen) atoms. The lowest BCUT2D eigenvalue weighted by Gasteiger charge is -2.26. The highest BCUT2D eigenvalue weighted by molar-refractivity contribution is 9.10. The van der Waals surface area contributed by atoms with Gasteiger partial charge < -0.3 is 5.73 Å². The smallest absolute Gasteiger partial charge is 0.0200 e. The summed E-state index contributed by atoms with van der Waals surface area (Å²) in [6.07, 6.45) is 4.54. The van der Waals surface area contributed by atoms with E-state index in [-0.39, 0.29) is 5.54 Å². The molecule has 2 rings (SSSR count). The van der Waals surface area contributed by atoms with Gasteiger partial charge in [-0.05, 0) is 48.8 Å². The molecule has 0 aliphatic heterocycles. The van der Waals surface area contributed by atoms with Gasteiger partial charge in [-0.2, -0.15) is 0 Å². The van der Waals surface area contributed by atoms with Crippen molar-refractivity contribution < 1.29 is 0 Å². The Hall–Kier alpha value is -0.340. The van der Waals surface area contributed by atoms with E-state index in [2.05, 4.69) is 54.0 Å². The molecule has 0 heterocycles. The fraction of sp³-hybridized carbons (Fsp3) is 0.571. The maximum absolute atomic E-state index is 6.49. The Balaban J connectivity index is 2.07. The molecular weight excluding hydrogens is 262 g/mol. The fourth-order valence-corrected chi connectivity index (χ4v) is 3.14. The molecule has 1 aromatic carbocycles. The molecule has 0 bridgehead atoms.